The standard InChI is InChI=1S/C25H25BN2O2/c1-15(2)25(3,4)30-26-17-10-11-20-18(12-17)19-13-23-22(14-21(19)27-20)28-24(29-23)16-8-6-5-7-9-16/h5-15,26-27H,1-4H3. The Morgan fingerprint density at radius 1 is 0.967 bits per heavy atom. The number of H-pyrrole nitrogens is 1. The fourth-order valence-corrected chi connectivity index (χ4v) is 3.60. The molecular formula is C25H25BN2O2. The molecule has 0 unspecified atom stereocenters. The van der Waals surface area contributed by atoms with E-state index < -0.39 is 0 Å². The highest BCUT2D eigenvalue weighted by molar-refractivity contribution is 6.47. The Morgan fingerprint density at radius 3 is 2.50 bits per heavy atom. The number of aromatic nitrogens is 2. The first kappa shape index (κ1) is 19.0. The van der Waals surface area contributed by atoms with Crippen LogP contribution in [0.25, 0.3) is 44.4 Å². The van der Waals surface area contributed by atoms with Gasteiger partial charge in [-0.05, 0) is 50.1 Å². The lowest BCUT2D eigenvalue weighted by molar-refractivity contribution is 0.0668. The number of rotatable bonds is 5. The maximum atomic E-state index is 6.20. The van der Waals surface area contributed by atoms with Crippen LogP contribution in [0.2, 0.25) is 0 Å². The molecule has 0 aliphatic rings. The molecule has 2 heterocycles. The minimum atomic E-state index is -0.158. The average Bonchev–Trinajstić information content (AvgIpc) is 3.31. The number of hydrogen-bond acceptors (Lipinski definition) is 3. The maximum absolute atomic E-state index is 6.20. The second-order valence-electron chi connectivity index (χ2n) is 8.80. The number of hydrogen-bond donors (Lipinski definition) is 1. The van der Waals surface area contributed by atoms with E-state index in [-0.39, 0.29) is 5.60 Å². The van der Waals surface area contributed by atoms with Crippen molar-refractivity contribution < 1.29 is 9.07 Å². The molecule has 0 aliphatic carbocycles. The molecule has 3 aromatic carbocycles. The number of fused-ring (bicyclic) bond motifs is 4. The molecule has 150 valence electrons. The van der Waals surface area contributed by atoms with Gasteiger partial charge in [-0.1, -0.05) is 49.6 Å². The first-order valence-corrected chi connectivity index (χ1v) is 10.4. The Labute approximate surface area is 176 Å². The second-order valence-corrected chi connectivity index (χ2v) is 8.80. The van der Waals surface area contributed by atoms with Crippen LogP contribution < -0.4 is 5.46 Å². The first-order chi connectivity index (χ1) is 14.4. The van der Waals surface area contributed by atoms with E-state index in [1.165, 1.54) is 10.8 Å². The van der Waals surface area contributed by atoms with Crippen molar-refractivity contribution >= 4 is 45.9 Å². The highest BCUT2D eigenvalue weighted by atomic mass is 16.5. The van der Waals surface area contributed by atoms with Crippen LogP contribution >= 0.6 is 0 Å². The highest BCUT2D eigenvalue weighted by Crippen LogP contribution is 2.31. The summed E-state index contributed by atoms with van der Waals surface area (Å²) in [6.07, 6.45) is 0. The summed E-state index contributed by atoms with van der Waals surface area (Å²) in [4.78, 5) is 8.20. The van der Waals surface area contributed by atoms with Crippen LogP contribution in [0.15, 0.2) is 65.1 Å². The fraction of sp³-hybridized carbons (Fsp3) is 0.240. The van der Waals surface area contributed by atoms with E-state index in [1.54, 1.807) is 0 Å². The smallest absolute Gasteiger partial charge is 0.309 e. The van der Waals surface area contributed by atoms with E-state index in [4.69, 9.17) is 9.07 Å². The molecule has 0 saturated carbocycles. The van der Waals surface area contributed by atoms with Crippen molar-refractivity contribution in [2.75, 3.05) is 0 Å². The Balaban J connectivity index is 1.55. The normalized spacial score (nSPS) is 12.4. The molecular weight excluding hydrogens is 371 g/mol. The van der Waals surface area contributed by atoms with Gasteiger partial charge in [0.15, 0.2) is 5.58 Å². The lowest BCUT2D eigenvalue weighted by Gasteiger charge is -2.30. The van der Waals surface area contributed by atoms with Crippen LogP contribution in [0.3, 0.4) is 0 Å². The van der Waals surface area contributed by atoms with Crippen molar-refractivity contribution in [3.05, 3.63) is 60.7 Å². The molecule has 1 N–H and O–H groups in total. The quantitative estimate of drug-likeness (QED) is 0.396. The minimum absolute atomic E-state index is 0.158. The van der Waals surface area contributed by atoms with Crippen molar-refractivity contribution in [2.45, 2.75) is 33.3 Å². The zero-order chi connectivity index (χ0) is 20.9. The van der Waals surface area contributed by atoms with Crippen LogP contribution in [0.1, 0.15) is 27.7 Å². The van der Waals surface area contributed by atoms with Gasteiger partial charge in [-0.3, -0.25) is 0 Å². The molecule has 0 fully saturated rings. The van der Waals surface area contributed by atoms with Gasteiger partial charge in [-0.15, -0.1) is 0 Å². The van der Waals surface area contributed by atoms with Gasteiger partial charge in [-0.2, -0.15) is 0 Å². The molecule has 0 atom stereocenters. The van der Waals surface area contributed by atoms with Crippen LogP contribution in [-0.4, -0.2) is 23.1 Å². The predicted octanol–water partition coefficient (Wildman–Crippen LogP) is 5.56. The summed E-state index contributed by atoms with van der Waals surface area (Å²) < 4.78 is 12.3. The summed E-state index contributed by atoms with van der Waals surface area (Å²) in [5.41, 5.74) is 5.81. The molecule has 2 aromatic heterocycles. The van der Waals surface area contributed by atoms with E-state index in [0.717, 1.165) is 33.1 Å². The molecule has 5 heteroatoms. The van der Waals surface area contributed by atoms with Gasteiger partial charge >= 0.3 is 7.48 Å². The van der Waals surface area contributed by atoms with E-state index in [0.29, 0.717) is 19.3 Å². The Morgan fingerprint density at radius 2 is 1.73 bits per heavy atom. The molecule has 0 radical (unpaired) electrons. The number of nitrogens with one attached hydrogen (secondary N) is 1. The Hall–Kier alpha value is -3.05. The Kier molecular flexibility index (Phi) is 4.44. The lowest BCUT2D eigenvalue weighted by Crippen LogP contribution is -2.36. The summed E-state index contributed by atoms with van der Waals surface area (Å²) in [6, 6.07) is 20.6. The number of aromatic amines is 1. The van der Waals surface area contributed by atoms with Gasteiger partial charge in [-0.25, -0.2) is 4.98 Å². The molecule has 0 bridgehead atoms. The maximum Gasteiger partial charge on any atom is 0.309 e. The topological polar surface area (TPSA) is 51.0 Å². The van der Waals surface area contributed by atoms with Gasteiger partial charge in [0.25, 0.3) is 0 Å². The van der Waals surface area contributed by atoms with Crippen molar-refractivity contribution in [1.29, 1.82) is 0 Å². The largest absolute Gasteiger partial charge is 0.436 e. The third-order valence-corrected chi connectivity index (χ3v) is 6.19. The Bertz CT molecular complexity index is 1350. The van der Waals surface area contributed by atoms with Crippen LogP contribution in [-0.2, 0) is 4.65 Å². The zero-order valence-corrected chi connectivity index (χ0v) is 17.8. The monoisotopic (exact) mass is 396 g/mol. The van der Waals surface area contributed by atoms with E-state index >= 15 is 0 Å². The van der Waals surface area contributed by atoms with Gasteiger partial charge in [0.2, 0.25) is 5.89 Å². The number of benzene rings is 3. The molecule has 5 aromatic rings. The van der Waals surface area contributed by atoms with E-state index in [1.807, 2.05) is 30.3 Å². The fourth-order valence-electron chi connectivity index (χ4n) is 3.60. The third-order valence-electron chi connectivity index (χ3n) is 6.19. The zero-order valence-electron chi connectivity index (χ0n) is 17.8. The van der Waals surface area contributed by atoms with Gasteiger partial charge < -0.3 is 14.1 Å². The van der Waals surface area contributed by atoms with E-state index in [2.05, 4.69) is 68.0 Å². The van der Waals surface area contributed by atoms with Crippen molar-refractivity contribution in [2.24, 2.45) is 5.92 Å². The van der Waals surface area contributed by atoms with Crippen molar-refractivity contribution in [1.82, 2.24) is 9.97 Å². The number of nitrogens with zero attached hydrogens (tertiary/aromatic N) is 1. The molecule has 0 amide bonds. The van der Waals surface area contributed by atoms with Gasteiger partial charge in [0.1, 0.15) is 5.52 Å². The predicted molar refractivity (Wildman–Crippen MR) is 126 cm³/mol. The van der Waals surface area contributed by atoms with Gasteiger partial charge in [0.05, 0.1) is 0 Å². The first-order valence-electron chi connectivity index (χ1n) is 10.4. The molecule has 0 spiro atoms. The highest BCUT2D eigenvalue weighted by Gasteiger charge is 2.23. The molecule has 5 rings (SSSR count). The molecule has 0 aliphatic heterocycles. The van der Waals surface area contributed by atoms with E-state index in [9.17, 15) is 0 Å². The van der Waals surface area contributed by atoms with Crippen LogP contribution in [0, 0.1) is 5.92 Å². The van der Waals surface area contributed by atoms with Gasteiger partial charge in [0, 0.05) is 33.0 Å². The molecule has 0 saturated heterocycles. The summed E-state index contributed by atoms with van der Waals surface area (Å²) >= 11 is 0. The van der Waals surface area contributed by atoms with Crippen LogP contribution in [0.5, 0.6) is 0 Å². The summed E-state index contributed by atoms with van der Waals surface area (Å²) in [6.45, 7) is 8.67. The van der Waals surface area contributed by atoms with Crippen molar-refractivity contribution in [3.8, 4) is 11.5 Å². The van der Waals surface area contributed by atoms with Crippen LogP contribution in [0.4, 0.5) is 0 Å². The molecule has 4 nitrogen and oxygen atoms in total. The number of oxazole rings is 1. The minimum Gasteiger partial charge on any atom is -0.436 e. The third kappa shape index (κ3) is 3.29. The van der Waals surface area contributed by atoms with Crippen molar-refractivity contribution in [3.63, 3.8) is 0 Å². The summed E-state index contributed by atoms with van der Waals surface area (Å²) in [7, 11) is 0.594. The lowest BCUT2D eigenvalue weighted by atomic mass is 9.83. The average molecular weight is 396 g/mol. The summed E-state index contributed by atoms with van der Waals surface area (Å²) in [5, 5.41) is 2.31. The SMILES string of the molecule is CC(C)C(C)(C)OBc1ccc2[nH]c3cc4nc(-c5ccccc5)oc4cc3c2c1. The second kappa shape index (κ2) is 7.03. The summed E-state index contributed by atoms with van der Waals surface area (Å²) in [5.74, 6) is 1.10. The molecule has 30 heavy (non-hydrogen) atoms.